The van der Waals surface area contributed by atoms with Crippen LogP contribution in [0, 0.1) is 11.3 Å². The highest BCUT2D eigenvalue weighted by Crippen LogP contribution is 2.41. The molecule has 1 saturated carbocycles. The minimum atomic E-state index is 0.307. The number of piperidine rings is 1. The maximum absolute atomic E-state index is 12.6. The molecule has 2 saturated heterocycles. The zero-order chi connectivity index (χ0) is 18.7. The van der Waals surface area contributed by atoms with Gasteiger partial charge in [-0.05, 0) is 45.1 Å². The van der Waals surface area contributed by atoms with Crippen molar-refractivity contribution in [2.45, 2.75) is 58.4 Å². The summed E-state index contributed by atoms with van der Waals surface area (Å²) < 4.78 is 0. The first-order chi connectivity index (χ1) is 13.2. The predicted molar refractivity (Wildman–Crippen MR) is 106 cm³/mol. The Morgan fingerprint density at radius 3 is 2.70 bits per heavy atom. The predicted octanol–water partition coefficient (Wildman–Crippen LogP) is 2.91. The van der Waals surface area contributed by atoms with E-state index in [9.17, 15) is 4.79 Å². The molecule has 1 aliphatic carbocycles. The molecule has 27 heavy (non-hydrogen) atoms. The SMILES string of the molecule is CCCNc1ncc(CN2CCCC3(CCN(C(=O)C4CCC4)C3)C2)cn1. The Morgan fingerprint density at radius 2 is 2.00 bits per heavy atom. The van der Waals surface area contributed by atoms with Crippen LogP contribution in [-0.4, -0.2) is 58.4 Å². The van der Waals surface area contributed by atoms with Crippen LogP contribution in [0.4, 0.5) is 5.95 Å². The Labute approximate surface area is 162 Å². The van der Waals surface area contributed by atoms with Crippen molar-refractivity contribution in [3.63, 3.8) is 0 Å². The van der Waals surface area contributed by atoms with Crippen molar-refractivity contribution in [1.29, 1.82) is 0 Å². The highest BCUT2D eigenvalue weighted by atomic mass is 16.2. The van der Waals surface area contributed by atoms with Gasteiger partial charge in [-0.15, -0.1) is 0 Å². The number of anilines is 1. The van der Waals surface area contributed by atoms with Crippen molar-refractivity contribution in [3.05, 3.63) is 18.0 Å². The monoisotopic (exact) mass is 371 g/mol. The molecule has 1 spiro atoms. The topological polar surface area (TPSA) is 61.4 Å². The van der Waals surface area contributed by atoms with Crippen LogP contribution in [0.2, 0.25) is 0 Å². The van der Waals surface area contributed by atoms with Crippen molar-refractivity contribution in [2.75, 3.05) is 38.0 Å². The van der Waals surface area contributed by atoms with Gasteiger partial charge >= 0.3 is 0 Å². The molecule has 3 aliphatic rings. The summed E-state index contributed by atoms with van der Waals surface area (Å²) in [5, 5.41) is 3.23. The average molecular weight is 372 g/mol. The number of amides is 1. The summed E-state index contributed by atoms with van der Waals surface area (Å²) >= 11 is 0. The third-order valence-corrected chi connectivity index (χ3v) is 6.59. The number of nitrogens with zero attached hydrogens (tertiary/aromatic N) is 4. The van der Waals surface area contributed by atoms with E-state index in [1.807, 2.05) is 12.4 Å². The number of aromatic nitrogens is 2. The maximum atomic E-state index is 12.6. The first-order valence-corrected chi connectivity index (χ1v) is 10.7. The summed E-state index contributed by atoms with van der Waals surface area (Å²) in [6.07, 6.45) is 12.1. The molecule has 2 aliphatic heterocycles. The van der Waals surface area contributed by atoms with Crippen LogP contribution in [0.5, 0.6) is 0 Å². The lowest BCUT2D eigenvalue weighted by molar-refractivity contribution is -0.137. The number of carbonyl (C=O) groups is 1. The molecule has 1 aromatic heterocycles. The molecule has 1 aromatic rings. The molecule has 3 heterocycles. The van der Waals surface area contributed by atoms with Crippen LogP contribution >= 0.6 is 0 Å². The van der Waals surface area contributed by atoms with E-state index in [0.29, 0.717) is 17.2 Å². The smallest absolute Gasteiger partial charge is 0.225 e. The van der Waals surface area contributed by atoms with Crippen LogP contribution in [0.25, 0.3) is 0 Å². The Balaban J connectivity index is 1.32. The number of hydrogen-bond donors (Lipinski definition) is 1. The molecule has 0 radical (unpaired) electrons. The van der Waals surface area contributed by atoms with E-state index < -0.39 is 0 Å². The van der Waals surface area contributed by atoms with E-state index in [0.717, 1.165) is 64.5 Å². The van der Waals surface area contributed by atoms with E-state index in [2.05, 4.69) is 32.0 Å². The van der Waals surface area contributed by atoms with Crippen molar-refractivity contribution in [3.8, 4) is 0 Å². The lowest BCUT2D eigenvalue weighted by Crippen LogP contribution is -2.46. The molecule has 0 aromatic carbocycles. The second-order valence-electron chi connectivity index (χ2n) is 8.79. The Bertz CT molecular complexity index is 644. The molecule has 1 N–H and O–H groups in total. The molecule has 4 rings (SSSR count). The summed E-state index contributed by atoms with van der Waals surface area (Å²) in [5.41, 5.74) is 1.48. The highest BCUT2D eigenvalue weighted by Gasteiger charge is 2.44. The molecule has 1 unspecified atom stereocenters. The zero-order valence-corrected chi connectivity index (χ0v) is 16.6. The van der Waals surface area contributed by atoms with Crippen molar-refractivity contribution >= 4 is 11.9 Å². The fraction of sp³-hybridized carbons (Fsp3) is 0.762. The van der Waals surface area contributed by atoms with Gasteiger partial charge in [-0.1, -0.05) is 13.3 Å². The molecule has 0 bridgehead atoms. The second-order valence-corrected chi connectivity index (χ2v) is 8.79. The van der Waals surface area contributed by atoms with Gasteiger partial charge in [-0.25, -0.2) is 9.97 Å². The van der Waals surface area contributed by atoms with E-state index in [4.69, 9.17) is 0 Å². The Kier molecular flexibility index (Phi) is 5.62. The van der Waals surface area contributed by atoms with Gasteiger partial charge < -0.3 is 10.2 Å². The van der Waals surface area contributed by atoms with E-state index >= 15 is 0 Å². The standard InChI is InChI=1S/C21H33N5O/c1-2-9-22-20-23-12-17(13-24-20)14-25-10-4-7-21(15-25)8-11-26(16-21)19(27)18-5-3-6-18/h12-13,18H,2-11,14-16H2,1H3,(H,22,23,24). The number of likely N-dealkylation sites (tertiary alicyclic amines) is 2. The quantitative estimate of drug-likeness (QED) is 0.833. The Morgan fingerprint density at radius 1 is 1.19 bits per heavy atom. The number of rotatable bonds is 6. The molecule has 6 nitrogen and oxygen atoms in total. The highest BCUT2D eigenvalue weighted by molar-refractivity contribution is 5.80. The van der Waals surface area contributed by atoms with Crippen LogP contribution < -0.4 is 5.32 Å². The number of hydrogen-bond acceptors (Lipinski definition) is 5. The summed E-state index contributed by atoms with van der Waals surface area (Å²) in [4.78, 5) is 26.2. The summed E-state index contributed by atoms with van der Waals surface area (Å²) in [6, 6.07) is 0. The van der Waals surface area contributed by atoms with Gasteiger partial charge in [-0.3, -0.25) is 9.69 Å². The van der Waals surface area contributed by atoms with Gasteiger partial charge in [-0.2, -0.15) is 0 Å². The summed E-state index contributed by atoms with van der Waals surface area (Å²) in [5.74, 6) is 1.48. The van der Waals surface area contributed by atoms with Gasteiger partial charge in [0.2, 0.25) is 11.9 Å². The second kappa shape index (κ2) is 8.13. The zero-order valence-electron chi connectivity index (χ0n) is 16.6. The summed E-state index contributed by atoms with van der Waals surface area (Å²) in [7, 11) is 0. The Hall–Kier alpha value is -1.69. The fourth-order valence-electron chi connectivity index (χ4n) is 4.84. The number of carbonyl (C=O) groups excluding carboxylic acids is 1. The third kappa shape index (κ3) is 4.26. The molecule has 1 amide bonds. The van der Waals surface area contributed by atoms with Gasteiger partial charge in [0.1, 0.15) is 0 Å². The lowest BCUT2D eigenvalue weighted by atomic mass is 9.79. The minimum absolute atomic E-state index is 0.307. The van der Waals surface area contributed by atoms with E-state index in [1.54, 1.807) is 0 Å². The molecule has 6 heteroatoms. The van der Waals surface area contributed by atoms with Crippen LogP contribution in [0.3, 0.4) is 0 Å². The van der Waals surface area contributed by atoms with Crippen molar-refractivity contribution in [1.82, 2.24) is 19.8 Å². The van der Waals surface area contributed by atoms with Gasteiger partial charge in [0.25, 0.3) is 0 Å². The van der Waals surface area contributed by atoms with Crippen molar-refractivity contribution in [2.24, 2.45) is 11.3 Å². The normalized spacial score (nSPS) is 26.3. The largest absolute Gasteiger partial charge is 0.354 e. The molecule has 1 atom stereocenters. The fourth-order valence-corrected chi connectivity index (χ4v) is 4.84. The van der Waals surface area contributed by atoms with Gasteiger partial charge in [0.15, 0.2) is 0 Å². The van der Waals surface area contributed by atoms with E-state index in [-0.39, 0.29) is 0 Å². The van der Waals surface area contributed by atoms with Crippen LogP contribution in [0.1, 0.15) is 57.4 Å². The van der Waals surface area contributed by atoms with Crippen LogP contribution in [0.15, 0.2) is 12.4 Å². The minimum Gasteiger partial charge on any atom is -0.354 e. The van der Waals surface area contributed by atoms with Gasteiger partial charge in [0.05, 0.1) is 0 Å². The molecule has 148 valence electrons. The molecular weight excluding hydrogens is 338 g/mol. The average Bonchev–Trinajstić information content (AvgIpc) is 3.03. The first kappa shape index (κ1) is 18.7. The molecular formula is C21H33N5O. The van der Waals surface area contributed by atoms with E-state index in [1.165, 1.54) is 31.2 Å². The number of nitrogens with one attached hydrogen (secondary N) is 1. The maximum Gasteiger partial charge on any atom is 0.225 e. The van der Waals surface area contributed by atoms with Gasteiger partial charge in [0, 0.05) is 62.0 Å². The molecule has 3 fully saturated rings. The van der Waals surface area contributed by atoms with Crippen molar-refractivity contribution < 1.29 is 4.79 Å². The first-order valence-electron chi connectivity index (χ1n) is 10.7. The summed E-state index contributed by atoms with van der Waals surface area (Å²) in [6.45, 7) is 8.11. The van der Waals surface area contributed by atoms with Crippen LogP contribution in [-0.2, 0) is 11.3 Å². The third-order valence-electron chi connectivity index (χ3n) is 6.59. The lowest BCUT2D eigenvalue weighted by Gasteiger charge is -2.40.